The second-order valence-electron chi connectivity index (χ2n) is 6.14. The highest BCUT2D eigenvalue weighted by Gasteiger charge is 2.16. The van der Waals surface area contributed by atoms with E-state index in [1.807, 2.05) is 18.2 Å². The normalized spacial score (nSPS) is 16.1. The van der Waals surface area contributed by atoms with Gasteiger partial charge in [0, 0.05) is 24.2 Å². The van der Waals surface area contributed by atoms with Gasteiger partial charge in [-0.3, -0.25) is 5.41 Å². The minimum atomic E-state index is 0.105. The monoisotopic (exact) mass is 289 g/mol. The summed E-state index contributed by atoms with van der Waals surface area (Å²) in [6.45, 7) is 1.97. The first-order chi connectivity index (χ1) is 10.1. The van der Waals surface area contributed by atoms with Crippen LogP contribution in [0.2, 0.25) is 0 Å². The molecule has 0 aliphatic heterocycles. The summed E-state index contributed by atoms with van der Waals surface area (Å²) in [6, 6.07) is 5.71. The van der Waals surface area contributed by atoms with E-state index in [1.165, 1.54) is 32.1 Å². The smallest absolute Gasteiger partial charge is 0.123 e. The lowest BCUT2D eigenvalue weighted by atomic mass is 9.89. The van der Waals surface area contributed by atoms with E-state index in [0.29, 0.717) is 0 Å². The van der Waals surface area contributed by atoms with Crippen LogP contribution >= 0.6 is 0 Å². The molecule has 3 N–H and O–H groups in total. The van der Waals surface area contributed by atoms with Crippen LogP contribution in [0.5, 0.6) is 5.75 Å². The molecular weight excluding hydrogens is 262 g/mol. The number of nitrogens with two attached hydrogens (primary N) is 1. The fourth-order valence-electron chi connectivity index (χ4n) is 3.24. The van der Waals surface area contributed by atoms with Crippen LogP contribution in [0.15, 0.2) is 18.2 Å². The molecule has 1 aliphatic carbocycles. The molecule has 0 unspecified atom stereocenters. The molecule has 0 saturated heterocycles. The Morgan fingerprint density at radius 1 is 1.33 bits per heavy atom. The van der Waals surface area contributed by atoms with Gasteiger partial charge in [-0.25, -0.2) is 0 Å². The molecule has 116 valence electrons. The van der Waals surface area contributed by atoms with Gasteiger partial charge < -0.3 is 15.4 Å². The molecule has 1 saturated carbocycles. The Bertz CT molecular complexity index is 481. The van der Waals surface area contributed by atoms with Gasteiger partial charge in [-0.1, -0.05) is 19.3 Å². The molecule has 4 heteroatoms. The van der Waals surface area contributed by atoms with Crippen molar-refractivity contribution in [1.82, 2.24) is 4.90 Å². The molecule has 0 amide bonds. The van der Waals surface area contributed by atoms with Gasteiger partial charge in [0.05, 0.1) is 7.11 Å². The van der Waals surface area contributed by atoms with Gasteiger partial charge in [0.1, 0.15) is 11.6 Å². The highest BCUT2D eigenvalue weighted by Crippen LogP contribution is 2.26. The summed E-state index contributed by atoms with van der Waals surface area (Å²) in [7, 11) is 3.85. The molecule has 0 heterocycles. The molecule has 0 aromatic heterocycles. The number of hydrogen-bond donors (Lipinski definition) is 2. The van der Waals surface area contributed by atoms with Crippen LogP contribution in [0, 0.1) is 11.3 Å². The van der Waals surface area contributed by atoms with Gasteiger partial charge in [0.2, 0.25) is 0 Å². The Morgan fingerprint density at radius 3 is 2.67 bits per heavy atom. The summed E-state index contributed by atoms with van der Waals surface area (Å²) in [4.78, 5) is 2.36. The zero-order valence-electron chi connectivity index (χ0n) is 13.2. The number of ether oxygens (including phenoxy) is 1. The number of nitrogens with one attached hydrogen (secondary N) is 1. The fraction of sp³-hybridized carbons (Fsp3) is 0.588. The number of benzene rings is 1. The summed E-state index contributed by atoms with van der Waals surface area (Å²) in [5.74, 6) is 1.80. The topological polar surface area (TPSA) is 62.3 Å². The fourth-order valence-corrected chi connectivity index (χ4v) is 3.24. The summed E-state index contributed by atoms with van der Waals surface area (Å²) in [5, 5.41) is 7.57. The molecule has 0 atom stereocenters. The van der Waals surface area contributed by atoms with Gasteiger partial charge in [-0.05, 0) is 44.0 Å². The maximum absolute atomic E-state index is 7.57. The van der Waals surface area contributed by atoms with Crippen molar-refractivity contribution < 1.29 is 4.74 Å². The van der Waals surface area contributed by atoms with Crippen LogP contribution in [-0.2, 0) is 6.54 Å². The van der Waals surface area contributed by atoms with Gasteiger partial charge in [-0.2, -0.15) is 0 Å². The molecule has 2 rings (SSSR count). The Kier molecular flexibility index (Phi) is 5.62. The summed E-state index contributed by atoms with van der Waals surface area (Å²) < 4.78 is 5.43. The van der Waals surface area contributed by atoms with E-state index >= 15 is 0 Å². The number of nitrogens with zero attached hydrogens (tertiary/aromatic N) is 1. The van der Waals surface area contributed by atoms with Crippen molar-refractivity contribution in [2.45, 2.75) is 38.6 Å². The number of nitrogen functional groups attached to an aromatic ring is 1. The Balaban J connectivity index is 2.02. The van der Waals surface area contributed by atoms with Crippen LogP contribution in [0.25, 0.3) is 0 Å². The number of amidine groups is 1. The van der Waals surface area contributed by atoms with Crippen molar-refractivity contribution in [3.05, 3.63) is 29.3 Å². The van der Waals surface area contributed by atoms with Crippen molar-refractivity contribution >= 4 is 5.84 Å². The lowest BCUT2D eigenvalue weighted by Gasteiger charge is -2.27. The van der Waals surface area contributed by atoms with Gasteiger partial charge >= 0.3 is 0 Å². The van der Waals surface area contributed by atoms with E-state index in [4.69, 9.17) is 15.9 Å². The number of hydrogen-bond acceptors (Lipinski definition) is 3. The van der Waals surface area contributed by atoms with E-state index in [2.05, 4.69) is 11.9 Å². The number of rotatable bonds is 6. The minimum Gasteiger partial charge on any atom is -0.496 e. The molecule has 4 nitrogen and oxygen atoms in total. The zero-order chi connectivity index (χ0) is 15.2. The van der Waals surface area contributed by atoms with E-state index < -0.39 is 0 Å². The van der Waals surface area contributed by atoms with Crippen LogP contribution in [0.1, 0.15) is 43.2 Å². The largest absolute Gasteiger partial charge is 0.496 e. The summed E-state index contributed by atoms with van der Waals surface area (Å²) >= 11 is 0. The second-order valence-corrected chi connectivity index (χ2v) is 6.14. The average molecular weight is 289 g/mol. The standard InChI is InChI=1S/C17H27N3O/c1-20(11-13-6-4-3-5-7-13)12-15-10-14(17(18)19)8-9-16(15)21-2/h8-10,13H,3-7,11-12H2,1-2H3,(H3,18,19). The highest BCUT2D eigenvalue weighted by atomic mass is 16.5. The molecule has 1 aromatic rings. The van der Waals surface area contributed by atoms with Gasteiger partial charge in [0.25, 0.3) is 0 Å². The first kappa shape index (κ1) is 15.8. The molecule has 1 aliphatic rings. The van der Waals surface area contributed by atoms with E-state index in [1.54, 1.807) is 7.11 Å². The lowest BCUT2D eigenvalue weighted by Crippen LogP contribution is -2.27. The quantitative estimate of drug-likeness (QED) is 0.625. The maximum atomic E-state index is 7.57. The Labute approximate surface area is 127 Å². The van der Waals surface area contributed by atoms with E-state index in [0.717, 1.165) is 35.9 Å². The predicted octanol–water partition coefficient (Wildman–Crippen LogP) is 2.99. The van der Waals surface area contributed by atoms with Crippen molar-refractivity contribution in [3.8, 4) is 5.75 Å². The summed E-state index contributed by atoms with van der Waals surface area (Å²) in [6.07, 6.45) is 6.86. The third-order valence-electron chi connectivity index (χ3n) is 4.33. The molecule has 0 spiro atoms. The SMILES string of the molecule is COc1ccc(C(=N)N)cc1CN(C)CC1CCCCC1. The maximum Gasteiger partial charge on any atom is 0.123 e. The Hall–Kier alpha value is -1.55. The first-order valence-corrected chi connectivity index (χ1v) is 7.80. The van der Waals surface area contributed by atoms with Crippen LogP contribution < -0.4 is 10.5 Å². The molecule has 1 fully saturated rings. The molecule has 21 heavy (non-hydrogen) atoms. The highest BCUT2D eigenvalue weighted by molar-refractivity contribution is 5.95. The molecule has 1 aromatic carbocycles. The zero-order valence-corrected chi connectivity index (χ0v) is 13.2. The van der Waals surface area contributed by atoms with Crippen molar-refractivity contribution in [2.75, 3.05) is 20.7 Å². The molecule has 0 bridgehead atoms. The Morgan fingerprint density at radius 2 is 2.05 bits per heavy atom. The third kappa shape index (κ3) is 4.46. The van der Waals surface area contributed by atoms with E-state index in [-0.39, 0.29) is 5.84 Å². The first-order valence-electron chi connectivity index (χ1n) is 7.80. The predicted molar refractivity (Wildman–Crippen MR) is 86.9 cm³/mol. The summed E-state index contributed by atoms with van der Waals surface area (Å²) in [5.41, 5.74) is 7.44. The van der Waals surface area contributed by atoms with Crippen molar-refractivity contribution in [1.29, 1.82) is 5.41 Å². The van der Waals surface area contributed by atoms with Crippen molar-refractivity contribution in [2.24, 2.45) is 11.7 Å². The minimum absolute atomic E-state index is 0.105. The third-order valence-corrected chi connectivity index (χ3v) is 4.33. The van der Waals surface area contributed by atoms with Gasteiger partial charge in [-0.15, -0.1) is 0 Å². The number of methoxy groups -OCH3 is 1. The average Bonchev–Trinajstić information content (AvgIpc) is 2.48. The molecule has 0 radical (unpaired) electrons. The van der Waals surface area contributed by atoms with Crippen LogP contribution in [0.3, 0.4) is 0 Å². The van der Waals surface area contributed by atoms with Gasteiger partial charge in [0.15, 0.2) is 0 Å². The van der Waals surface area contributed by atoms with E-state index in [9.17, 15) is 0 Å². The van der Waals surface area contributed by atoms with Crippen LogP contribution in [0.4, 0.5) is 0 Å². The lowest BCUT2D eigenvalue weighted by molar-refractivity contribution is 0.226. The second kappa shape index (κ2) is 7.46. The van der Waals surface area contributed by atoms with Crippen molar-refractivity contribution in [3.63, 3.8) is 0 Å². The van der Waals surface area contributed by atoms with Crippen LogP contribution in [-0.4, -0.2) is 31.4 Å². The molecular formula is C17H27N3O.